The molecule has 0 aliphatic heterocycles. The third kappa shape index (κ3) is 5.52. The number of aromatic nitrogens is 1. The highest BCUT2D eigenvalue weighted by molar-refractivity contribution is 7.92. The molecule has 0 spiro atoms. The van der Waals surface area contributed by atoms with E-state index >= 15 is 0 Å². The number of rotatable bonds is 7. The van der Waals surface area contributed by atoms with E-state index in [9.17, 15) is 13.2 Å². The summed E-state index contributed by atoms with van der Waals surface area (Å²) < 4.78 is 24.8. The topological polar surface area (TPSA) is 114 Å². The molecule has 2 rings (SSSR count). The zero-order chi connectivity index (χ0) is 18.6. The van der Waals surface area contributed by atoms with Gasteiger partial charge in [-0.1, -0.05) is 32.4 Å². The molecule has 7 nitrogen and oxygen atoms in total. The first-order valence-corrected chi connectivity index (χ1v) is 10.6. The van der Waals surface area contributed by atoms with Gasteiger partial charge in [0.05, 0.1) is 18.0 Å². The van der Waals surface area contributed by atoms with Crippen LogP contribution in [0.4, 0.5) is 10.8 Å². The minimum atomic E-state index is -3.30. The van der Waals surface area contributed by atoms with Gasteiger partial charge in [0, 0.05) is 16.6 Å². The van der Waals surface area contributed by atoms with Crippen molar-refractivity contribution < 1.29 is 13.2 Å². The van der Waals surface area contributed by atoms with Gasteiger partial charge in [-0.2, -0.15) is 0 Å². The van der Waals surface area contributed by atoms with E-state index in [1.165, 1.54) is 11.3 Å². The molecule has 1 amide bonds. The van der Waals surface area contributed by atoms with Crippen molar-refractivity contribution in [2.75, 3.05) is 16.3 Å². The number of carbonyl (C=O) groups is 1. The first-order chi connectivity index (χ1) is 11.7. The minimum absolute atomic E-state index is 0.0920. The van der Waals surface area contributed by atoms with Crippen molar-refractivity contribution in [1.82, 2.24) is 4.98 Å². The summed E-state index contributed by atoms with van der Waals surface area (Å²) in [6.07, 6.45) is 1.92. The highest BCUT2D eigenvalue weighted by atomic mass is 32.2. The molecule has 0 aliphatic rings. The molecule has 2 unspecified atom stereocenters. The van der Waals surface area contributed by atoms with Crippen LogP contribution in [0.25, 0.3) is 11.3 Å². The van der Waals surface area contributed by atoms with E-state index < -0.39 is 16.1 Å². The van der Waals surface area contributed by atoms with E-state index in [2.05, 4.69) is 15.0 Å². The van der Waals surface area contributed by atoms with Crippen molar-refractivity contribution in [3.8, 4) is 11.3 Å². The summed E-state index contributed by atoms with van der Waals surface area (Å²) in [7, 11) is -3.30. The smallest absolute Gasteiger partial charge is 0.243 e. The van der Waals surface area contributed by atoms with Crippen molar-refractivity contribution >= 4 is 38.1 Å². The Kier molecular flexibility index (Phi) is 6.15. The second kappa shape index (κ2) is 7.94. The van der Waals surface area contributed by atoms with Crippen molar-refractivity contribution in [3.05, 3.63) is 29.6 Å². The third-order valence-corrected chi connectivity index (χ3v) is 5.14. The molecule has 2 aromatic rings. The molecule has 0 radical (unpaired) electrons. The van der Waals surface area contributed by atoms with Crippen LogP contribution >= 0.6 is 11.3 Å². The van der Waals surface area contributed by atoms with E-state index in [1.807, 2.05) is 19.2 Å². The number of hydrogen-bond acceptors (Lipinski definition) is 6. The molecule has 2 atom stereocenters. The summed E-state index contributed by atoms with van der Waals surface area (Å²) in [5.41, 5.74) is 7.91. The van der Waals surface area contributed by atoms with Crippen molar-refractivity contribution in [2.24, 2.45) is 11.7 Å². The van der Waals surface area contributed by atoms with Crippen LogP contribution in [0.2, 0.25) is 0 Å². The number of nitrogens with zero attached hydrogens (tertiary/aromatic N) is 1. The maximum Gasteiger partial charge on any atom is 0.243 e. The number of thiazole rings is 1. The Morgan fingerprint density at radius 1 is 1.32 bits per heavy atom. The lowest BCUT2D eigenvalue weighted by Gasteiger charge is -2.16. The Morgan fingerprint density at radius 3 is 2.52 bits per heavy atom. The van der Waals surface area contributed by atoms with Gasteiger partial charge in [-0.25, -0.2) is 13.4 Å². The Hall–Kier alpha value is -1.97. The van der Waals surface area contributed by atoms with Gasteiger partial charge in [0.15, 0.2) is 5.13 Å². The molecule has 1 aromatic carbocycles. The van der Waals surface area contributed by atoms with Crippen LogP contribution in [-0.4, -0.2) is 31.6 Å². The molecule has 1 heterocycles. The first-order valence-electron chi connectivity index (χ1n) is 7.79. The van der Waals surface area contributed by atoms with Crippen molar-refractivity contribution in [1.29, 1.82) is 0 Å². The summed E-state index contributed by atoms with van der Waals surface area (Å²) in [4.78, 5) is 16.5. The number of anilines is 2. The van der Waals surface area contributed by atoms with Gasteiger partial charge in [0.1, 0.15) is 0 Å². The number of nitrogens with two attached hydrogens (primary N) is 1. The lowest BCUT2D eigenvalue weighted by Crippen LogP contribution is -2.40. The van der Waals surface area contributed by atoms with Crippen LogP contribution in [0.5, 0.6) is 0 Å². The Labute approximate surface area is 151 Å². The Balaban J connectivity index is 2.07. The maximum absolute atomic E-state index is 12.1. The zero-order valence-corrected chi connectivity index (χ0v) is 15.9. The quantitative estimate of drug-likeness (QED) is 0.681. The average Bonchev–Trinajstić information content (AvgIpc) is 3.01. The second-order valence-corrected chi connectivity index (χ2v) is 8.50. The Bertz CT molecular complexity index is 831. The molecule has 4 N–H and O–H groups in total. The molecular formula is C16H22N4O3S2. The van der Waals surface area contributed by atoms with E-state index in [4.69, 9.17) is 5.73 Å². The number of amides is 1. The number of benzene rings is 1. The number of carbonyl (C=O) groups excluding carboxylic acids is 1. The van der Waals surface area contributed by atoms with E-state index in [0.29, 0.717) is 16.5 Å². The van der Waals surface area contributed by atoms with Gasteiger partial charge in [-0.3, -0.25) is 9.52 Å². The predicted octanol–water partition coefficient (Wildman–Crippen LogP) is 2.49. The van der Waals surface area contributed by atoms with Gasteiger partial charge in [0.25, 0.3) is 0 Å². The average molecular weight is 383 g/mol. The van der Waals surface area contributed by atoms with E-state index in [-0.39, 0.29) is 11.8 Å². The van der Waals surface area contributed by atoms with Crippen LogP contribution in [0.3, 0.4) is 0 Å². The van der Waals surface area contributed by atoms with E-state index in [1.54, 1.807) is 24.3 Å². The SMILES string of the molecule is CCC(C)C(N)C(=O)Nc1nc(-c2ccc(NS(C)(=O)=O)cc2)cs1. The molecule has 9 heteroatoms. The maximum atomic E-state index is 12.1. The normalized spacial score (nSPS) is 13.9. The van der Waals surface area contributed by atoms with Crippen LogP contribution < -0.4 is 15.8 Å². The molecule has 0 bridgehead atoms. The van der Waals surface area contributed by atoms with Gasteiger partial charge in [-0.05, 0) is 18.1 Å². The molecular weight excluding hydrogens is 360 g/mol. The number of nitrogens with one attached hydrogen (secondary N) is 2. The Morgan fingerprint density at radius 2 is 1.96 bits per heavy atom. The van der Waals surface area contributed by atoms with Gasteiger partial charge in [-0.15, -0.1) is 11.3 Å². The lowest BCUT2D eigenvalue weighted by molar-refractivity contribution is -0.118. The monoisotopic (exact) mass is 382 g/mol. The highest BCUT2D eigenvalue weighted by Gasteiger charge is 2.20. The summed E-state index contributed by atoms with van der Waals surface area (Å²) in [5.74, 6) is -0.155. The zero-order valence-electron chi connectivity index (χ0n) is 14.3. The van der Waals surface area contributed by atoms with Crippen molar-refractivity contribution in [2.45, 2.75) is 26.3 Å². The summed E-state index contributed by atoms with van der Waals surface area (Å²) in [5, 5.41) is 5.05. The molecule has 0 saturated heterocycles. The standard InChI is InChI=1S/C16H22N4O3S2/c1-4-10(2)14(17)15(21)19-16-18-13(9-24-16)11-5-7-12(8-6-11)20-25(3,22)23/h5-10,14,20H,4,17H2,1-3H3,(H,18,19,21). The summed E-state index contributed by atoms with van der Waals surface area (Å²) in [6, 6.07) is 6.27. The fourth-order valence-electron chi connectivity index (χ4n) is 2.09. The molecule has 0 saturated carbocycles. The van der Waals surface area contributed by atoms with E-state index in [0.717, 1.165) is 18.2 Å². The minimum Gasteiger partial charge on any atom is -0.320 e. The molecule has 136 valence electrons. The molecule has 25 heavy (non-hydrogen) atoms. The molecule has 1 aromatic heterocycles. The van der Waals surface area contributed by atoms with Gasteiger partial charge >= 0.3 is 0 Å². The summed E-state index contributed by atoms with van der Waals surface area (Å²) in [6.45, 7) is 3.92. The largest absolute Gasteiger partial charge is 0.320 e. The second-order valence-electron chi connectivity index (χ2n) is 5.89. The number of hydrogen-bond donors (Lipinski definition) is 3. The fourth-order valence-corrected chi connectivity index (χ4v) is 3.37. The number of sulfonamides is 1. The van der Waals surface area contributed by atoms with Crippen LogP contribution in [0.15, 0.2) is 29.6 Å². The van der Waals surface area contributed by atoms with Crippen LogP contribution in [0.1, 0.15) is 20.3 Å². The van der Waals surface area contributed by atoms with Gasteiger partial charge in [0.2, 0.25) is 15.9 Å². The lowest BCUT2D eigenvalue weighted by atomic mass is 10.00. The van der Waals surface area contributed by atoms with Crippen molar-refractivity contribution in [3.63, 3.8) is 0 Å². The molecule has 0 aliphatic carbocycles. The predicted molar refractivity (Wildman–Crippen MR) is 102 cm³/mol. The van der Waals surface area contributed by atoms with Gasteiger partial charge < -0.3 is 11.1 Å². The molecule has 0 fully saturated rings. The van der Waals surface area contributed by atoms with Crippen LogP contribution in [-0.2, 0) is 14.8 Å². The van der Waals surface area contributed by atoms with Crippen LogP contribution in [0, 0.1) is 5.92 Å². The first kappa shape index (κ1) is 19.4. The fraction of sp³-hybridized carbons (Fsp3) is 0.375. The summed E-state index contributed by atoms with van der Waals surface area (Å²) >= 11 is 1.31. The third-order valence-electron chi connectivity index (χ3n) is 3.78. The highest BCUT2D eigenvalue weighted by Crippen LogP contribution is 2.26.